The first kappa shape index (κ1) is 21.6. The summed E-state index contributed by atoms with van der Waals surface area (Å²) >= 11 is 0. The van der Waals surface area contributed by atoms with Crippen LogP contribution in [0.1, 0.15) is 32.6 Å². The average molecular weight is 372 g/mol. The fraction of sp³-hybridized carbons (Fsp3) is 0.733. The first-order valence-corrected chi connectivity index (χ1v) is 8.47. The molecule has 0 bridgehead atoms. The lowest BCUT2D eigenvalue weighted by Gasteiger charge is -2.28. The van der Waals surface area contributed by atoms with Crippen LogP contribution in [0.4, 0.5) is 0 Å². The predicted octanol–water partition coefficient (Wildman–Crippen LogP) is -2.69. The molecule has 4 unspecified atom stereocenters. The molecule has 0 aromatic heterocycles. The highest BCUT2D eigenvalue weighted by molar-refractivity contribution is 5.92. The molecule has 0 spiro atoms. The van der Waals surface area contributed by atoms with Crippen molar-refractivity contribution in [3.63, 3.8) is 0 Å². The average Bonchev–Trinajstić information content (AvgIpc) is 3.05. The van der Waals surface area contributed by atoms with Crippen molar-refractivity contribution < 1.29 is 24.6 Å². The molecular weight excluding hydrogens is 344 g/mol. The molecule has 4 atom stereocenters. The number of nitrogens with two attached hydrogens (primary N) is 3. The van der Waals surface area contributed by atoms with Crippen molar-refractivity contribution >= 4 is 23.7 Å². The van der Waals surface area contributed by atoms with Crippen molar-refractivity contribution in [2.45, 2.75) is 56.8 Å². The van der Waals surface area contributed by atoms with E-state index in [0.29, 0.717) is 25.8 Å². The lowest BCUT2D eigenvalue weighted by Crippen LogP contribution is -2.55. The van der Waals surface area contributed by atoms with Crippen molar-refractivity contribution in [1.82, 2.24) is 10.2 Å². The van der Waals surface area contributed by atoms with Crippen LogP contribution in [0.25, 0.3) is 0 Å². The molecule has 0 aliphatic carbocycles. The minimum Gasteiger partial charge on any atom is -0.480 e. The number of aliphatic carboxylic acids is 1. The fourth-order valence-electron chi connectivity index (χ4n) is 2.73. The van der Waals surface area contributed by atoms with E-state index in [0.717, 1.165) is 0 Å². The molecule has 0 aromatic carbocycles. The normalized spacial score (nSPS) is 20.1. The summed E-state index contributed by atoms with van der Waals surface area (Å²) in [6, 6.07) is -3.04. The van der Waals surface area contributed by atoms with Gasteiger partial charge in [-0.1, -0.05) is 0 Å². The third kappa shape index (κ3) is 6.15. The largest absolute Gasteiger partial charge is 0.480 e. The van der Waals surface area contributed by atoms with Crippen molar-refractivity contribution in [2.75, 3.05) is 13.1 Å². The summed E-state index contributed by atoms with van der Waals surface area (Å²) in [6.07, 6.45) is 0.471. The highest BCUT2D eigenvalue weighted by atomic mass is 16.4. The zero-order valence-corrected chi connectivity index (χ0v) is 14.8. The SMILES string of the molecule is CC(O)C(N)C(=O)N1CCCC1C(=O)NC(CCCN=C(N)N)C(=O)O. The molecule has 9 N–H and O–H groups in total. The Morgan fingerprint density at radius 2 is 2.00 bits per heavy atom. The third-order valence-corrected chi connectivity index (χ3v) is 4.20. The van der Waals surface area contributed by atoms with E-state index in [9.17, 15) is 24.6 Å². The van der Waals surface area contributed by atoms with Crippen molar-refractivity contribution in [3.05, 3.63) is 0 Å². The Labute approximate surface area is 151 Å². The van der Waals surface area contributed by atoms with Gasteiger partial charge in [0.05, 0.1) is 6.10 Å². The number of carbonyl (C=O) groups is 3. The number of guanidine groups is 1. The molecule has 0 aromatic rings. The van der Waals surface area contributed by atoms with Gasteiger partial charge in [0.15, 0.2) is 5.96 Å². The maximum atomic E-state index is 12.5. The number of carbonyl (C=O) groups excluding carboxylic acids is 2. The van der Waals surface area contributed by atoms with Gasteiger partial charge >= 0.3 is 5.97 Å². The number of carboxylic acid groups (broad SMARTS) is 1. The lowest BCUT2D eigenvalue weighted by molar-refractivity contribution is -0.144. The number of aliphatic imine (C=N–C) groups is 1. The number of rotatable bonds is 9. The number of amides is 2. The van der Waals surface area contributed by atoms with Gasteiger partial charge in [-0.3, -0.25) is 14.6 Å². The van der Waals surface area contributed by atoms with Crippen molar-refractivity contribution in [3.8, 4) is 0 Å². The van der Waals surface area contributed by atoms with Gasteiger partial charge in [0, 0.05) is 13.1 Å². The van der Waals surface area contributed by atoms with E-state index in [2.05, 4.69) is 10.3 Å². The quantitative estimate of drug-likeness (QED) is 0.143. The Kier molecular flexibility index (Phi) is 8.26. The molecule has 26 heavy (non-hydrogen) atoms. The zero-order chi connectivity index (χ0) is 19.9. The molecule has 1 aliphatic rings. The maximum absolute atomic E-state index is 12.5. The molecule has 11 nitrogen and oxygen atoms in total. The van der Waals surface area contributed by atoms with E-state index >= 15 is 0 Å². The maximum Gasteiger partial charge on any atom is 0.326 e. The molecule has 0 saturated carbocycles. The number of hydrogen-bond acceptors (Lipinski definition) is 6. The van der Waals surface area contributed by atoms with Gasteiger partial charge < -0.3 is 37.6 Å². The number of carboxylic acids is 1. The first-order chi connectivity index (χ1) is 12.1. The summed E-state index contributed by atoms with van der Waals surface area (Å²) in [4.78, 5) is 41.2. The molecule has 1 aliphatic heterocycles. The van der Waals surface area contributed by atoms with E-state index in [-0.39, 0.29) is 18.9 Å². The summed E-state index contributed by atoms with van der Waals surface area (Å²) < 4.78 is 0. The van der Waals surface area contributed by atoms with E-state index in [1.165, 1.54) is 11.8 Å². The summed E-state index contributed by atoms with van der Waals surface area (Å²) in [6.45, 7) is 1.98. The smallest absolute Gasteiger partial charge is 0.326 e. The summed E-state index contributed by atoms with van der Waals surface area (Å²) in [5, 5.41) is 21.2. The molecule has 1 rings (SSSR count). The van der Waals surface area contributed by atoms with E-state index in [4.69, 9.17) is 17.2 Å². The van der Waals surface area contributed by atoms with Gasteiger partial charge in [-0.05, 0) is 32.6 Å². The molecule has 1 saturated heterocycles. The van der Waals surface area contributed by atoms with Crippen molar-refractivity contribution in [2.24, 2.45) is 22.2 Å². The Hall–Kier alpha value is -2.40. The Bertz CT molecular complexity index is 549. The number of hydrogen-bond donors (Lipinski definition) is 6. The van der Waals surface area contributed by atoms with Gasteiger partial charge in [-0.25, -0.2) is 4.79 Å². The third-order valence-electron chi connectivity index (χ3n) is 4.20. The fourth-order valence-corrected chi connectivity index (χ4v) is 2.73. The Morgan fingerprint density at radius 1 is 1.35 bits per heavy atom. The molecular formula is C15H28N6O5. The monoisotopic (exact) mass is 372 g/mol. The minimum atomic E-state index is -1.18. The van der Waals surface area contributed by atoms with E-state index in [1.54, 1.807) is 0 Å². The second-order valence-electron chi connectivity index (χ2n) is 6.30. The van der Waals surface area contributed by atoms with Gasteiger partial charge in [-0.15, -0.1) is 0 Å². The van der Waals surface area contributed by atoms with Crippen LogP contribution < -0.4 is 22.5 Å². The molecule has 1 fully saturated rings. The van der Waals surface area contributed by atoms with Crippen LogP contribution in [0.15, 0.2) is 4.99 Å². The van der Waals surface area contributed by atoms with E-state index < -0.39 is 42.0 Å². The zero-order valence-electron chi connectivity index (χ0n) is 14.8. The Morgan fingerprint density at radius 3 is 2.54 bits per heavy atom. The van der Waals surface area contributed by atoms with Crippen molar-refractivity contribution in [1.29, 1.82) is 0 Å². The van der Waals surface area contributed by atoms with Gasteiger partial charge in [0.1, 0.15) is 18.1 Å². The number of nitrogens with one attached hydrogen (secondary N) is 1. The molecule has 148 valence electrons. The van der Waals surface area contributed by atoms with Crippen LogP contribution in [0.5, 0.6) is 0 Å². The van der Waals surface area contributed by atoms with Crippen LogP contribution in [-0.4, -0.2) is 76.2 Å². The molecule has 2 amide bonds. The van der Waals surface area contributed by atoms with Crippen LogP contribution in [-0.2, 0) is 14.4 Å². The highest BCUT2D eigenvalue weighted by Crippen LogP contribution is 2.19. The van der Waals surface area contributed by atoms with Crippen LogP contribution in [0.2, 0.25) is 0 Å². The summed E-state index contributed by atoms with van der Waals surface area (Å²) in [5.41, 5.74) is 16.1. The Balaban J connectivity index is 2.68. The highest BCUT2D eigenvalue weighted by Gasteiger charge is 2.38. The predicted molar refractivity (Wildman–Crippen MR) is 93.9 cm³/mol. The van der Waals surface area contributed by atoms with Crippen LogP contribution in [0, 0.1) is 0 Å². The van der Waals surface area contributed by atoms with Gasteiger partial charge in [0.25, 0.3) is 0 Å². The molecule has 0 radical (unpaired) electrons. The number of likely N-dealkylation sites (tertiary alicyclic amines) is 1. The van der Waals surface area contributed by atoms with Gasteiger partial charge in [0.2, 0.25) is 11.8 Å². The number of aliphatic hydroxyl groups excluding tert-OH is 1. The van der Waals surface area contributed by atoms with E-state index in [1.807, 2.05) is 0 Å². The minimum absolute atomic E-state index is 0.0875. The van der Waals surface area contributed by atoms with Gasteiger partial charge in [-0.2, -0.15) is 0 Å². The second-order valence-corrected chi connectivity index (χ2v) is 6.30. The first-order valence-electron chi connectivity index (χ1n) is 8.47. The lowest BCUT2D eigenvalue weighted by atomic mass is 10.1. The second kappa shape index (κ2) is 9.92. The standard InChI is InChI=1S/C15H28N6O5/c1-8(22)11(16)13(24)21-7-3-5-10(21)12(23)20-9(14(25)26)4-2-6-19-15(17)18/h8-11,22H,2-7,16H2,1H3,(H,20,23)(H,25,26)(H4,17,18,19). The number of nitrogens with zero attached hydrogens (tertiary/aromatic N) is 2. The molecule has 11 heteroatoms. The summed E-state index contributed by atoms with van der Waals surface area (Å²) in [5.74, 6) is -2.35. The van der Waals surface area contributed by atoms with Crippen LogP contribution >= 0.6 is 0 Å². The van der Waals surface area contributed by atoms with Crippen LogP contribution in [0.3, 0.4) is 0 Å². The molecule has 1 heterocycles. The summed E-state index contributed by atoms with van der Waals surface area (Å²) in [7, 11) is 0. The topological polar surface area (TPSA) is 197 Å². The number of aliphatic hydroxyl groups is 1.